The van der Waals surface area contributed by atoms with Gasteiger partial charge >= 0.3 is 11.9 Å². The second-order valence-corrected chi connectivity index (χ2v) is 7.59. The monoisotopic (exact) mass is 472 g/mol. The first kappa shape index (κ1) is 24.9. The first-order valence-corrected chi connectivity index (χ1v) is 11.0. The molecule has 0 bridgehead atoms. The summed E-state index contributed by atoms with van der Waals surface area (Å²) in [6.07, 6.45) is 0. The van der Waals surface area contributed by atoms with Gasteiger partial charge in [0.1, 0.15) is 12.3 Å². The maximum absolute atomic E-state index is 12.0. The average molecular weight is 472 g/mol. The number of aliphatic hydroxyl groups is 1. The summed E-state index contributed by atoms with van der Waals surface area (Å²) >= 11 is 0. The Morgan fingerprint density at radius 3 is 2.56 bits per heavy atom. The normalized spacial score (nSPS) is 13.9. The molecule has 1 fully saturated rings. The summed E-state index contributed by atoms with van der Waals surface area (Å²) < 4.78 is 9.83. The standard InChI is InChI=1S/C23H28N4O7/c1-2-33-22(29)16-25-8-10-26(11-9-25)19-5-3-4-18(15-19)24-20-7-6-17(14-21(20)27(31)32)23(30)34-13-12-28/h3-7,14-15,24,28H,2,8-13,16H2,1H3. The Morgan fingerprint density at radius 2 is 1.88 bits per heavy atom. The van der Waals surface area contributed by atoms with E-state index < -0.39 is 10.9 Å². The van der Waals surface area contributed by atoms with Crippen LogP contribution >= 0.6 is 0 Å². The Labute approximate surface area is 197 Å². The molecule has 0 saturated carbocycles. The van der Waals surface area contributed by atoms with Crippen LogP contribution in [-0.2, 0) is 14.3 Å². The number of carbonyl (C=O) groups is 2. The lowest BCUT2D eigenvalue weighted by Gasteiger charge is -2.35. The zero-order chi connectivity index (χ0) is 24.5. The van der Waals surface area contributed by atoms with Crippen molar-refractivity contribution in [3.63, 3.8) is 0 Å². The van der Waals surface area contributed by atoms with Gasteiger partial charge in [-0.15, -0.1) is 0 Å². The minimum absolute atomic E-state index is 0.0279. The summed E-state index contributed by atoms with van der Waals surface area (Å²) in [5.74, 6) is -0.968. The van der Waals surface area contributed by atoms with E-state index in [1.54, 1.807) is 13.0 Å². The summed E-state index contributed by atoms with van der Waals surface area (Å²) in [6, 6.07) is 11.5. The van der Waals surface area contributed by atoms with E-state index in [4.69, 9.17) is 14.6 Å². The molecule has 1 saturated heterocycles. The number of nitrogens with one attached hydrogen (secondary N) is 1. The van der Waals surface area contributed by atoms with E-state index in [0.717, 1.165) is 37.9 Å². The molecule has 2 aromatic carbocycles. The highest BCUT2D eigenvalue weighted by Crippen LogP contribution is 2.30. The van der Waals surface area contributed by atoms with Gasteiger partial charge in [-0.3, -0.25) is 19.8 Å². The predicted octanol–water partition coefficient (Wildman–Crippen LogP) is 2.17. The molecule has 0 unspecified atom stereocenters. The number of hydrogen-bond donors (Lipinski definition) is 2. The number of hydrogen-bond acceptors (Lipinski definition) is 10. The van der Waals surface area contributed by atoms with E-state index in [2.05, 4.69) is 10.2 Å². The fourth-order valence-electron chi connectivity index (χ4n) is 3.63. The van der Waals surface area contributed by atoms with Crippen LogP contribution in [0.3, 0.4) is 0 Å². The van der Waals surface area contributed by atoms with E-state index >= 15 is 0 Å². The van der Waals surface area contributed by atoms with Gasteiger partial charge in [0, 0.05) is 43.6 Å². The summed E-state index contributed by atoms with van der Waals surface area (Å²) in [4.78, 5) is 38.9. The number of nitrogens with zero attached hydrogens (tertiary/aromatic N) is 3. The van der Waals surface area contributed by atoms with Gasteiger partial charge in [-0.05, 0) is 37.3 Å². The molecular formula is C23H28N4O7. The molecule has 0 amide bonds. The molecule has 1 aliphatic heterocycles. The topological polar surface area (TPSA) is 134 Å². The number of nitro groups is 1. The molecule has 3 rings (SSSR count). The molecule has 182 valence electrons. The van der Waals surface area contributed by atoms with Crippen molar-refractivity contribution in [1.29, 1.82) is 0 Å². The van der Waals surface area contributed by atoms with Gasteiger partial charge in [0.05, 0.1) is 30.2 Å². The third-order valence-electron chi connectivity index (χ3n) is 5.28. The van der Waals surface area contributed by atoms with Crippen molar-refractivity contribution in [3.8, 4) is 0 Å². The van der Waals surface area contributed by atoms with Crippen LogP contribution in [0.4, 0.5) is 22.7 Å². The first-order valence-electron chi connectivity index (χ1n) is 11.0. The molecule has 34 heavy (non-hydrogen) atoms. The highest BCUT2D eigenvalue weighted by atomic mass is 16.6. The Hall–Kier alpha value is -3.70. The van der Waals surface area contributed by atoms with Crippen molar-refractivity contribution in [2.75, 3.05) is 62.8 Å². The molecule has 0 aromatic heterocycles. The van der Waals surface area contributed by atoms with Crippen LogP contribution in [0.5, 0.6) is 0 Å². The molecule has 1 heterocycles. The van der Waals surface area contributed by atoms with Gasteiger partial charge in [0.15, 0.2) is 0 Å². The Morgan fingerprint density at radius 1 is 1.12 bits per heavy atom. The summed E-state index contributed by atoms with van der Waals surface area (Å²) in [5, 5.41) is 23.4. The largest absolute Gasteiger partial charge is 0.465 e. The van der Waals surface area contributed by atoms with Crippen LogP contribution in [-0.4, -0.2) is 79.4 Å². The number of piperazine rings is 1. The van der Waals surface area contributed by atoms with Gasteiger partial charge in [-0.1, -0.05) is 6.07 Å². The first-order chi connectivity index (χ1) is 16.4. The van der Waals surface area contributed by atoms with E-state index in [1.807, 2.05) is 23.1 Å². The van der Waals surface area contributed by atoms with Crippen LogP contribution < -0.4 is 10.2 Å². The number of nitro benzene ring substituents is 1. The van der Waals surface area contributed by atoms with E-state index in [1.165, 1.54) is 12.1 Å². The lowest BCUT2D eigenvalue weighted by Crippen LogP contribution is -2.48. The van der Waals surface area contributed by atoms with Crippen molar-refractivity contribution < 1.29 is 29.1 Å². The second-order valence-electron chi connectivity index (χ2n) is 7.59. The van der Waals surface area contributed by atoms with Gasteiger partial charge in [-0.25, -0.2) is 4.79 Å². The number of aliphatic hydroxyl groups excluding tert-OH is 1. The zero-order valence-electron chi connectivity index (χ0n) is 18.9. The molecule has 11 nitrogen and oxygen atoms in total. The van der Waals surface area contributed by atoms with Gasteiger partial charge < -0.3 is 24.8 Å². The number of esters is 2. The van der Waals surface area contributed by atoms with Gasteiger partial charge in [0.25, 0.3) is 5.69 Å². The van der Waals surface area contributed by atoms with Gasteiger partial charge in [0.2, 0.25) is 0 Å². The smallest absolute Gasteiger partial charge is 0.338 e. The molecular weight excluding hydrogens is 444 g/mol. The highest BCUT2D eigenvalue weighted by molar-refractivity contribution is 5.91. The number of carbonyl (C=O) groups excluding carboxylic acids is 2. The number of ether oxygens (including phenoxy) is 2. The summed E-state index contributed by atoms with van der Waals surface area (Å²) in [6.45, 7) is 4.81. The third-order valence-corrected chi connectivity index (χ3v) is 5.28. The molecule has 1 aliphatic rings. The van der Waals surface area contributed by atoms with Crippen LogP contribution in [0, 0.1) is 10.1 Å². The van der Waals surface area contributed by atoms with Crippen LogP contribution in [0.2, 0.25) is 0 Å². The molecule has 11 heteroatoms. The lowest BCUT2D eigenvalue weighted by atomic mass is 10.1. The molecule has 0 spiro atoms. The number of anilines is 3. The quantitative estimate of drug-likeness (QED) is 0.301. The zero-order valence-corrected chi connectivity index (χ0v) is 18.9. The number of benzene rings is 2. The van der Waals surface area contributed by atoms with E-state index in [9.17, 15) is 19.7 Å². The second kappa shape index (κ2) is 12.0. The minimum Gasteiger partial charge on any atom is -0.465 e. The van der Waals surface area contributed by atoms with Crippen LogP contribution in [0.15, 0.2) is 42.5 Å². The Kier molecular flexibility index (Phi) is 8.77. The van der Waals surface area contributed by atoms with E-state index in [0.29, 0.717) is 12.3 Å². The number of rotatable bonds is 10. The van der Waals surface area contributed by atoms with Crippen molar-refractivity contribution in [3.05, 3.63) is 58.1 Å². The molecule has 2 aromatic rings. The SMILES string of the molecule is CCOC(=O)CN1CCN(c2cccc(Nc3ccc(C(=O)OCCO)cc3[N+](=O)[O-])c2)CC1. The molecule has 2 N–H and O–H groups in total. The Balaban J connectivity index is 1.68. The average Bonchev–Trinajstić information content (AvgIpc) is 2.83. The van der Waals surface area contributed by atoms with Crippen molar-refractivity contribution in [2.45, 2.75) is 6.92 Å². The molecule has 0 radical (unpaired) electrons. The third kappa shape index (κ3) is 6.65. The summed E-state index contributed by atoms with van der Waals surface area (Å²) in [5.41, 5.74) is 1.61. The Bertz CT molecular complexity index is 1020. The maximum Gasteiger partial charge on any atom is 0.338 e. The minimum atomic E-state index is -0.743. The van der Waals surface area contributed by atoms with Crippen LogP contribution in [0.25, 0.3) is 0 Å². The van der Waals surface area contributed by atoms with E-state index in [-0.39, 0.29) is 42.7 Å². The lowest BCUT2D eigenvalue weighted by molar-refractivity contribution is -0.383. The summed E-state index contributed by atoms with van der Waals surface area (Å²) in [7, 11) is 0. The maximum atomic E-state index is 12.0. The van der Waals surface area contributed by atoms with Crippen molar-refractivity contribution >= 4 is 34.7 Å². The highest BCUT2D eigenvalue weighted by Gasteiger charge is 2.21. The molecule has 0 atom stereocenters. The predicted molar refractivity (Wildman–Crippen MR) is 125 cm³/mol. The van der Waals surface area contributed by atoms with Gasteiger partial charge in [-0.2, -0.15) is 0 Å². The van der Waals surface area contributed by atoms with Crippen molar-refractivity contribution in [1.82, 2.24) is 4.90 Å². The fraction of sp³-hybridized carbons (Fsp3) is 0.391. The fourth-order valence-corrected chi connectivity index (χ4v) is 3.63. The molecule has 0 aliphatic carbocycles. The van der Waals surface area contributed by atoms with Crippen LogP contribution in [0.1, 0.15) is 17.3 Å². The van der Waals surface area contributed by atoms with Crippen molar-refractivity contribution in [2.24, 2.45) is 0 Å².